The van der Waals surface area contributed by atoms with Crippen molar-refractivity contribution in [3.63, 3.8) is 0 Å². The van der Waals surface area contributed by atoms with Crippen molar-refractivity contribution in [2.75, 3.05) is 0 Å². The molecule has 0 aliphatic heterocycles. The second kappa shape index (κ2) is 8.27. The molecule has 1 atom stereocenters. The fraction of sp³-hybridized carbons (Fsp3) is 0.211. The number of H-pyrrole nitrogens is 1. The van der Waals surface area contributed by atoms with Crippen molar-refractivity contribution in [2.24, 2.45) is 5.10 Å². The molecular formula is C19H17ClN4O5. The Labute approximate surface area is 169 Å². The van der Waals surface area contributed by atoms with Crippen molar-refractivity contribution in [3.8, 4) is 5.75 Å². The normalized spacial score (nSPS) is 12.4. The summed E-state index contributed by atoms with van der Waals surface area (Å²) in [7, 11) is 0. The topological polar surface area (TPSA) is 120 Å². The van der Waals surface area contributed by atoms with Crippen LogP contribution in [-0.2, 0) is 0 Å². The lowest BCUT2D eigenvalue weighted by atomic mass is 10.2. The highest BCUT2D eigenvalue weighted by molar-refractivity contribution is 6.32. The maximum atomic E-state index is 12.5. The van der Waals surface area contributed by atoms with Gasteiger partial charge in [0.15, 0.2) is 0 Å². The van der Waals surface area contributed by atoms with Gasteiger partial charge in [-0.15, -0.1) is 4.68 Å². The van der Waals surface area contributed by atoms with E-state index in [1.165, 1.54) is 12.1 Å². The highest BCUT2D eigenvalue weighted by Gasteiger charge is 2.22. The first-order chi connectivity index (χ1) is 13.8. The van der Waals surface area contributed by atoms with Gasteiger partial charge in [-0.3, -0.25) is 14.9 Å². The minimum Gasteiger partial charge on any atom is -0.483 e. The summed E-state index contributed by atoms with van der Waals surface area (Å²) in [6.45, 7) is 3.65. The lowest BCUT2D eigenvalue weighted by Gasteiger charge is -2.14. The molecule has 3 aromatic rings. The molecule has 0 bridgehead atoms. The van der Waals surface area contributed by atoms with E-state index < -0.39 is 16.2 Å². The van der Waals surface area contributed by atoms with Crippen LogP contribution in [0.15, 0.2) is 51.1 Å². The molecule has 0 amide bonds. The van der Waals surface area contributed by atoms with Crippen molar-refractivity contribution in [2.45, 2.75) is 26.4 Å². The summed E-state index contributed by atoms with van der Waals surface area (Å²) in [4.78, 5) is 38.0. The summed E-state index contributed by atoms with van der Waals surface area (Å²) in [6.07, 6.45) is 1.53. The SMILES string of the molecule is CC[C@H](C)Oc1c(Cl)cc(C=Nn2c(=O)[nH]c3ccccc3c2=O)cc1[N+](=O)[O-]. The molecule has 2 aromatic carbocycles. The number of nitrogens with zero attached hydrogens (tertiary/aromatic N) is 3. The molecule has 9 nitrogen and oxygen atoms in total. The van der Waals surface area contributed by atoms with Gasteiger partial charge in [0.05, 0.1) is 33.2 Å². The molecule has 150 valence electrons. The van der Waals surface area contributed by atoms with E-state index in [1.54, 1.807) is 31.2 Å². The van der Waals surface area contributed by atoms with Crippen LogP contribution in [0.1, 0.15) is 25.8 Å². The van der Waals surface area contributed by atoms with Gasteiger partial charge in [0.2, 0.25) is 5.75 Å². The van der Waals surface area contributed by atoms with Crippen molar-refractivity contribution in [3.05, 3.63) is 77.9 Å². The maximum Gasteiger partial charge on any atom is 0.349 e. The number of halogens is 1. The smallest absolute Gasteiger partial charge is 0.349 e. The van der Waals surface area contributed by atoms with Gasteiger partial charge >= 0.3 is 11.4 Å². The van der Waals surface area contributed by atoms with E-state index in [1.807, 2.05) is 6.92 Å². The zero-order valence-corrected chi connectivity index (χ0v) is 16.3. The molecule has 1 N–H and O–H groups in total. The number of aromatic amines is 1. The summed E-state index contributed by atoms with van der Waals surface area (Å²) in [5.41, 5.74) is -1.06. The third-order valence-electron chi connectivity index (χ3n) is 4.24. The summed E-state index contributed by atoms with van der Waals surface area (Å²) in [5, 5.41) is 15.6. The number of fused-ring (bicyclic) bond motifs is 1. The highest BCUT2D eigenvalue weighted by atomic mass is 35.5. The van der Waals surface area contributed by atoms with E-state index in [0.29, 0.717) is 16.6 Å². The van der Waals surface area contributed by atoms with Crippen molar-refractivity contribution in [1.29, 1.82) is 0 Å². The molecule has 10 heteroatoms. The van der Waals surface area contributed by atoms with Crippen LogP contribution < -0.4 is 16.0 Å². The summed E-state index contributed by atoms with van der Waals surface area (Å²) >= 11 is 6.17. The predicted octanol–water partition coefficient (Wildman–Crippen LogP) is 3.31. The van der Waals surface area contributed by atoms with Crippen LogP contribution in [0.3, 0.4) is 0 Å². The quantitative estimate of drug-likeness (QED) is 0.375. The Morgan fingerprint density at radius 1 is 1.34 bits per heavy atom. The van der Waals surface area contributed by atoms with Gasteiger partial charge in [0.1, 0.15) is 0 Å². The van der Waals surface area contributed by atoms with E-state index in [9.17, 15) is 19.7 Å². The van der Waals surface area contributed by atoms with Crippen LogP contribution in [0.5, 0.6) is 5.75 Å². The van der Waals surface area contributed by atoms with E-state index in [-0.39, 0.29) is 33.5 Å². The molecule has 0 fully saturated rings. The largest absolute Gasteiger partial charge is 0.483 e. The lowest BCUT2D eigenvalue weighted by molar-refractivity contribution is -0.386. The molecule has 0 aliphatic rings. The molecule has 0 saturated heterocycles. The Morgan fingerprint density at radius 2 is 2.07 bits per heavy atom. The van der Waals surface area contributed by atoms with Crippen LogP contribution in [0, 0.1) is 10.1 Å². The Morgan fingerprint density at radius 3 is 2.76 bits per heavy atom. The average Bonchev–Trinajstić information content (AvgIpc) is 2.69. The van der Waals surface area contributed by atoms with Crippen molar-refractivity contribution >= 4 is 34.4 Å². The number of nitrogens with one attached hydrogen (secondary N) is 1. The number of hydrogen-bond donors (Lipinski definition) is 1. The van der Waals surface area contributed by atoms with Gasteiger partial charge in [-0.2, -0.15) is 5.10 Å². The Kier molecular flexibility index (Phi) is 5.79. The third kappa shape index (κ3) is 4.19. The van der Waals surface area contributed by atoms with Crippen molar-refractivity contribution in [1.82, 2.24) is 9.66 Å². The maximum absolute atomic E-state index is 12.5. The van der Waals surface area contributed by atoms with Gasteiger partial charge < -0.3 is 9.72 Å². The molecule has 0 spiro atoms. The lowest BCUT2D eigenvalue weighted by Crippen LogP contribution is -2.32. The monoisotopic (exact) mass is 416 g/mol. The number of rotatable bonds is 6. The molecule has 1 aromatic heterocycles. The third-order valence-corrected chi connectivity index (χ3v) is 4.52. The van der Waals surface area contributed by atoms with Gasteiger partial charge in [-0.25, -0.2) is 4.79 Å². The molecule has 3 rings (SSSR count). The Bertz CT molecular complexity index is 1230. The van der Waals surface area contributed by atoms with Gasteiger partial charge in [-0.1, -0.05) is 30.7 Å². The first-order valence-corrected chi connectivity index (χ1v) is 9.12. The van der Waals surface area contributed by atoms with Gasteiger partial charge in [0, 0.05) is 11.6 Å². The second-order valence-electron chi connectivity index (χ2n) is 6.28. The molecule has 1 heterocycles. The predicted molar refractivity (Wildman–Crippen MR) is 110 cm³/mol. The number of ether oxygens (including phenoxy) is 1. The van der Waals surface area contributed by atoms with Gasteiger partial charge in [0.25, 0.3) is 5.56 Å². The Balaban J connectivity index is 2.06. The van der Waals surface area contributed by atoms with E-state index in [2.05, 4.69) is 10.1 Å². The minimum atomic E-state index is -0.734. The zero-order chi connectivity index (χ0) is 21.1. The molecule has 29 heavy (non-hydrogen) atoms. The standard InChI is InChI=1S/C19H17ClN4O5/c1-3-11(2)29-17-14(20)8-12(9-16(17)24(27)28)10-21-23-18(25)13-6-4-5-7-15(13)22-19(23)26/h4-11H,3H2,1-2H3,(H,22,26)/t11-/m0/s1. The van der Waals surface area contributed by atoms with Crippen LogP contribution >= 0.6 is 11.6 Å². The van der Waals surface area contributed by atoms with E-state index >= 15 is 0 Å². The average molecular weight is 417 g/mol. The van der Waals surface area contributed by atoms with Crippen LogP contribution in [0.25, 0.3) is 10.9 Å². The molecule has 0 unspecified atom stereocenters. The summed E-state index contributed by atoms with van der Waals surface area (Å²) in [5.74, 6) is -0.0381. The molecule has 0 radical (unpaired) electrons. The second-order valence-corrected chi connectivity index (χ2v) is 6.69. The van der Waals surface area contributed by atoms with Crippen LogP contribution in [0.2, 0.25) is 5.02 Å². The van der Waals surface area contributed by atoms with E-state index in [0.717, 1.165) is 6.21 Å². The number of benzene rings is 2. The van der Waals surface area contributed by atoms with Crippen LogP contribution in [0.4, 0.5) is 5.69 Å². The first-order valence-electron chi connectivity index (χ1n) is 8.74. The van der Waals surface area contributed by atoms with Gasteiger partial charge in [-0.05, 0) is 31.5 Å². The summed E-state index contributed by atoms with van der Waals surface area (Å²) < 4.78 is 6.21. The molecule has 0 aliphatic carbocycles. The molecule has 0 saturated carbocycles. The number of nitro groups is 1. The highest BCUT2D eigenvalue weighted by Crippen LogP contribution is 2.36. The fourth-order valence-corrected chi connectivity index (χ4v) is 2.86. The molecular weight excluding hydrogens is 400 g/mol. The fourth-order valence-electron chi connectivity index (χ4n) is 2.59. The number of aromatic nitrogens is 2. The van der Waals surface area contributed by atoms with Crippen molar-refractivity contribution < 1.29 is 9.66 Å². The summed E-state index contributed by atoms with van der Waals surface area (Å²) in [6, 6.07) is 9.14. The Hall–Kier alpha value is -3.46. The number of para-hydroxylation sites is 1. The zero-order valence-electron chi connectivity index (χ0n) is 15.6. The number of hydrogen-bond acceptors (Lipinski definition) is 6. The van der Waals surface area contributed by atoms with E-state index in [4.69, 9.17) is 16.3 Å². The number of nitro benzene ring substituents is 1. The minimum absolute atomic E-state index is 0.0284. The first kappa shape index (κ1) is 20.3. The van der Waals surface area contributed by atoms with Crippen LogP contribution in [-0.4, -0.2) is 26.9 Å².